The fourth-order valence-corrected chi connectivity index (χ4v) is 3.65. The standard InChI is InChI=1S/C19H14ClN3S/c1-12-9-16(24-11-12)19-22-17(13-5-7-21-8-6-13)18(23-19)14-3-2-4-15(20)10-14/h2-11H,1H3,(H,22,23). The van der Waals surface area contributed by atoms with Gasteiger partial charge in [-0.15, -0.1) is 11.3 Å². The zero-order chi connectivity index (χ0) is 16.5. The third kappa shape index (κ3) is 2.86. The molecule has 0 saturated heterocycles. The molecule has 0 aliphatic rings. The number of imidazole rings is 1. The second kappa shape index (κ2) is 6.23. The third-order valence-electron chi connectivity index (χ3n) is 3.73. The number of hydrogen-bond acceptors (Lipinski definition) is 3. The van der Waals surface area contributed by atoms with Gasteiger partial charge in [0.15, 0.2) is 0 Å². The normalized spacial score (nSPS) is 10.9. The Morgan fingerprint density at radius 2 is 1.88 bits per heavy atom. The van der Waals surface area contributed by atoms with Crippen LogP contribution in [0.2, 0.25) is 5.02 Å². The number of halogens is 1. The third-order valence-corrected chi connectivity index (χ3v) is 5.02. The summed E-state index contributed by atoms with van der Waals surface area (Å²) in [7, 11) is 0. The van der Waals surface area contributed by atoms with Crippen LogP contribution in [0.15, 0.2) is 60.2 Å². The van der Waals surface area contributed by atoms with E-state index in [1.165, 1.54) is 5.56 Å². The average Bonchev–Trinajstić information content (AvgIpc) is 3.22. The fourth-order valence-electron chi connectivity index (χ4n) is 2.62. The summed E-state index contributed by atoms with van der Waals surface area (Å²) >= 11 is 7.86. The van der Waals surface area contributed by atoms with Crippen molar-refractivity contribution in [1.82, 2.24) is 15.0 Å². The Balaban J connectivity index is 1.92. The van der Waals surface area contributed by atoms with Crippen LogP contribution in [0.25, 0.3) is 33.2 Å². The maximum absolute atomic E-state index is 6.17. The highest BCUT2D eigenvalue weighted by molar-refractivity contribution is 7.13. The van der Waals surface area contributed by atoms with E-state index in [1.807, 2.05) is 36.4 Å². The van der Waals surface area contributed by atoms with Gasteiger partial charge in [0.1, 0.15) is 5.82 Å². The van der Waals surface area contributed by atoms with Gasteiger partial charge in [-0.2, -0.15) is 0 Å². The predicted octanol–water partition coefficient (Wildman–Crippen LogP) is 5.83. The predicted molar refractivity (Wildman–Crippen MR) is 100 cm³/mol. The molecular weight excluding hydrogens is 338 g/mol. The number of hydrogen-bond donors (Lipinski definition) is 1. The number of rotatable bonds is 3. The monoisotopic (exact) mass is 351 g/mol. The first-order valence-corrected chi connectivity index (χ1v) is 8.78. The second-order valence-electron chi connectivity index (χ2n) is 5.54. The Labute approximate surface area is 149 Å². The summed E-state index contributed by atoms with van der Waals surface area (Å²) in [5.41, 5.74) is 5.14. The van der Waals surface area contributed by atoms with Crippen LogP contribution in [-0.4, -0.2) is 15.0 Å². The first-order chi connectivity index (χ1) is 11.7. The van der Waals surface area contributed by atoms with Gasteiger partial charge in [0.05, 0.1) is 16.3 Å². The summed E-state index contributed by atoms with van der Waals surface area (Å²) in [5.74, 6) is 0.870. The van der Waals surface area contributed by atoms with Crippen LogP contribution in [0.5, 0.6) is 0 Å². The number of nitrogens with one attached hydrogen (secondary N) is 1. The Hall–Kier alpha value is -2.43. The summed E-state index contributed by atoms with van der Waals surface area (Å²) < 4.78 is 0. The van der Waals surface area contributed by atoms with Gasteiger partial charge in [0.2, 0.25) is 0 Å². The summed E-state index contributed by atoms with van der Waals surface area (Å²) in [6.07, 6.45) is 3.57. The van der Waals surface area contributed by atoms with Gasteiger partial charge in [-0.25, -0.2) is 4.98 Å². The lowest BCUT2D eigenvalue weighted by Gasteiger charge is -2.03. The van der Waals surface area contributed by atoms with Crippen LogP contribution in [0.4, 0.5) is 0 Å². The SMILES string of the molecule is Cc1csc(-c2nc(-c3cccc(Cl)c3)c(-c3ccncc3)[nH]2)c1. The number of thiophene rings is 1. The lowest BCUT2D eigenvalue weighted by molar-refractivity contribution is 1.31. The highest BCUT2D eigenvalue weighted by atomic mass is 35.5. The van der Waals surface area contributed by atoms with E-state index in [9.17, 15) is 0 Å². The molecule has 0 amide bonds. The summed E-state index contributed by atoms with van der Waals surface area (Å²) in [6.45, 7) is 2.09. The van der Waals surface area contributed by atoms with Crippen LogP contribution in [-0.2, 0) is 0 Å². The van der Waals surface area contributed by atoms with Crippen molar-refractivity contribution < 1.29 is 0 Å². The van der Waals surface area contributed by atoms with Crippen LogP contribution in [0.1, 0.15) is 5.56 Å². The van der Waals surface area contributed by atoms with Crippen molar-refractivity contribution in [3.05, 3.63) is 70.8 Å². The first kappa shape index (κ1) is 15.1. The van der Waals surface area contributed by atoms with Crippen molar-refractivity contribution in [3.63, 3.8) is 0 Å². The molecule has 0 saturated carbocycles. The van der Waals surface area contributed by atoms with Gasteiger partial charge in [-0.3, -0.25) is 4.98 Å². The number of aromatic amines is 1. The molecule has 0 atom stereocenters. The van der Waals surface area contributed by atoms with Crippen LogP contribution in [0, 0.1) is 6.92 Å². The largest absolute Gasteiger partial charge is 0.337 e. The van der Waals surface area contributed by atoms with E-state index in [2.05, 4.69) is 28.3 Å². The van der Waals surface area contributed by atoms with E-state index in [0.29, 0.717) is 5.02 Å². The zero-order valence-corrected chi connectivity index (χ0v) is 14.5. The molecule has 5 heteroatoms. The molecule has 1 aromatic carbocycles. The average molecular weight is 352 g/mol. The highest BCUT2D eigenvalue weighted by Crippen LogP contribution is 2.35. The molecule has 4 rings (SSSR count). The van der Waals surface area contributed by atoms with E-state index in [4.69, 9.17) is 16.6 Å². The van der Waals surface area contributed by atoms with E-state index >= 15 is 0 Å². The molecule has 0 spiro atoms. The molecule has 3 heterocycles. The summed E-state index contributed by atoms with van der Waals surface area (Å²) in [4.78, 5) is 13.6. The number of aryl methyl sites for hydroxylation is 1. The lowest BCUT2D eigenvalue weighted by Crippen LogP contribution is -1.84. The van der Waals surface area contributed by atoms with Crippen molar-refractivity contribution >= 4 is 22.9 Å². The van der Waals surface area contributed by atoms with Crippen LogP contribution >= 0.6 is 22.9 Å². The number of aromatic nitrogens is 3. The van der Waals surface area contributed by atoms with Crippen molar-refractivity contribution in [2.45, 2.75) is 6.92 Å². The molecule has 0 aliphatic carbocycles. The minimum atomic E-state index is 0.699. The molecule has 3 nitrogen and oxygen atoms in total. The van der Waals surface area contributed by atoms with E-state index in [-0.39, 0.29) is 0 Å². The number of benzene rings is 1. The van der Waals surface area contributed by atoms with Gasteiger partial charge in [-0.05, 0) is 48.2 Å². The molecule has 1 N–H and O–H groups in total. The van der Waals surface area contributed by atoms with Crippen LogP contribution in [0.3, 0.4) is 0 Å². The number of H-pyrrole nitrogens is 1. The van der Waals surface area contributed by atoms with Crippen molar-refractivity contribution in [2.24, 2.45) is 0 Å². The topological polar surface area (TPSA) is 41.6 Å². The van der Waals surface area contributed by atoms with Gasteiger partial charge in [0.25, 0.3) is 0 Å². The smallest absolute Gasteiger partial charge is 0.148 e. The Morgan fingerprint density at radius 1 is 1.04 bits per heavy atom. The molecule has 118 valence electrons. The molecule has 0 unspecified atom stereocenters. The summed E-state index contributed by atoms with van der Waals surface area (Å²) in [6, 6.07) is 13.9. The molecule has 0 radical (unpaired) electrons. The Morgan fingerprint density at radius 3 is 2.58 bits per heavy atom. The van der Waals surface area contributed by atoms with Crippen LogP contribution < -0.4 is 0 Å². The summed E-state index contributed by atoms with van der Waals surface area (Å²) in [5, 5.41) is 2.83. The number of pyridine rings is 1. The second-order valence-corrected chi connectivity index (χ2v) is 6.89. The van der Waals surface area contributed by atoms with Gasteiger partial charge < -0.3 is 4.98 Å². The van der Waals surface area contributed by atoms with Gasteiger partial charge in [-0.1, -0.05) is 23.7 Å². The molecular formula is C19H14ClN3S. The van der Waals surface area contributed by atoms with Crippen molar-refractivity contribution in [1.29, 1.82) is 0 Å². The first-order valence-electron chi connectivity index (χ1n) is 7.52. The minimum Gasteiger partial charge on any atom is -0.337 e. The minimum absolute atomic E-state index is 0.699. The quantitative estimate of drug-likeness (QED) is 0.504. The van der Waals surface area contributed by atoms with E-state index < -0.39 is 0 Å². The molecule has 3 aromatic heterocycles. The zero-order valence-electron chi connectivity index (χ0n) is 13.0. The Bertz CT molecular complexity index is 989. The highest BCUT2D eigenvalue weighted by Gasteiger charge is 2.16. The molecule has 4 aromatic rings. The van der Waals surface area contributed by atoms with Crippen molar-refractivity contribution in [2.75, 3.05) is 0 Å². The van der Waals surface area contributed by atoms with E-state index in [1.54, 1.807) is 23.7 Å². The molecule has 0 fully saturated rings. The van der Waals surface area contributed by atoms with Crippen molar-refractivity contribution in [3.8, 4) is 33.2 Å². The molecule has 0 bridgehead atoms. The maximum Gasteiger partial charge on any atom is 0.148 e. The van der Waals surface area contributed by atoms with E-state index in [0.717, 1.165) is 33.2 Å². The number of nitrogens with zero attached hydrogens (tertiary/aromatic N) is 2. The molecule has 0 aliphatic heterocycles. The van der Waals surface area contributed by atoms with Gasteiger partial charge in [0, 0.05) is 28.5 Å². The maximum atomic E-state index is 6.17. The lowest BCUT2D eigenvalue weighted by atomic mass is 10.1. The fraction of sp³-hybridized carbons (Fsp3) is 0.0526. The van der Waals surface area contributed by atoms with Gasteiger partial charge >= 0.3 is 0 Å². The molecule has 24 heavy (non-hydrogen) atoms. The Kier molecular flexibility index (Phi) is 3.92.